The Balaban J connectivity index is 1.75. The summed E-state index contributed by atoms with van der Waals surface area (Å²) in [7, 11) is 0. The topological polar surface area (TPSA) is 134 Å². The number of carbonyl (C=O) groups excluding carboxylic acids is 2. The number of para-hydroxylation sites is 2. The molecule has 2 N–H and O–H groups in total. The Bertz CT molecular complexity index is 1110. The molecule has 3 rings (SSSR count). The monoisotopic (exact) mass is 452 g/mol. The molecule has 0 spiro atoms. The molecular formula is C22H20N4O5S. The Hall–Kier alpha value is -3.84. The second-order valence-corrected chi connectivity index (χ2v) is 7.76. The van der Waals surface area contributed by atoms with Gasteiger partial charge in [-0.1, -0.05) is 36.0 Å². The van der Waals surface area contributed by atoms with Gasteiger partial charge >= 0.3 is 0 Å². The van der Waals surface area contributed by atoms with Crippen molar-refractivity contribution in [3.8, 4) is 11.8 Å². The van der Waals surface area contributed by atoms with Gasteiger partial charge in [0.1, 0.15) is 11.4 Å². The second-order valence-electron chi connectivity index (χ2n) is 6.77. The summed E-state index contributed by atoms with van der Waals surface area (Å²) in [4.78, 5) is 35.2. The summed E-state index contributed by atoms with van der Waals surface area (Å²) in [5.74, 6) is -0.635. The lowest BCUT2D eigenvalue weighted by molar-refractivity contribution is -0.383. The fourth-order valence-corrected chi connectivity index (χ4v) is 4.12. The van der Waals surface area contributed by atoms with Crippen molar-refractivity contribution in [1.29, 1.82) is 5.26 Å². The molecule has 2 amide bonds. The predicted octanol–water partition coefficient (Wildman–Crippen LogP) is 3.70. The van der Waals surface area contributed by atoms with Crippen molar-refractivity contribution in [2.45, 2.75) is 19.3 Å². The number of benzene rings is 2. The largest absolute Gasteiger partial charge is 0.494 e. The lowest BCUT2D eigenvalue weighted by Crippen LogP contribution is -2.31. The van der Waals surface area contributed by atoms with Crippen LogP contribution in [-0.2, 0) is 9.59 Å². The van der Waals surface area contributed by atoms with E-state index in [0.717, 1.165) is 17.3 Å². The molecule has 0 saturated heterocycles. The van der Waals surface area contributed by atoms with Gasteiger partial charge in [0.2, 0.25) is 11.8 Å². The van der Waals surface area contributed by atoms with Crippen molar-refractivity contribution in [2.24, 2.45) is 0 Å². The SMILES string of the molecule is CCOc1ccc(C2CC(=O)NC(SCC(=O)Nc3ccccc3[N+](=O)[O-])=C2C#N)cc1. The highest BCUT2D eigenvalue weighted by atomic mass is 32.2. The van der Waals surface area contributed by atoms with E-state index < -0.39 is 16.7 Å². The number of amides is 2. The van der Waals surface area contributed by atoms with Crippen LogP contribution in [0.5, 0.6) is 5.75 Å². The number of allylic oxidation sites excluding steroid dienone is 1. The van der Waals surface area contributed by atoms with Crippen LogP contribution in [0, 0.1) is 21.4 Å². The zero-order valence-corrected chi connectivity index (χ0v) is 18.0. The highest BCUT2D eigenvalue weighted by Crippen LogP contribution is 2.36. The third-order valence-corrected chi connectivity index (χ3v) is 5.69. The summed E-state index contributed by atoms with van der Waals surface area (Å²) in [6.45, 7) is 2.41. The van der Waals surface area contributed by atoms with Crippen molar-refractivity contribution in [1.82, 2.24) is 5.32 Å². The van der Waals surface area contributed by atoms with Gasteiger partial charge in [0.05, 0.1) is 34.0 Å². The smallest absolute Gasteiger partial charge is 0.292 e. The molecule has 1 aliphatic rings. The third-order valence-electron chi connectivity index (χ3n) is 4.67. The molecule has 0 aromatic heterocycles. The Kier molecular flexibility index (Phi) is 7.46. The number of ether oxygens (including phenoxy) is 1. The number of nitrogens with zero attached hydrogens (tertiary/aromatic N) is 2. The van der Waals surface area contributed by atoms with Gasteiger partial charge in [-0.3, -0.25) is 19.7 Å². The highest BCUT2D eigenvalue weighted by Gasteiger charge is 2.30. The van der Waals surface area contributed by atoms with Crippen LogP contribution < -0.4 is 15.4 Å². The van der Waals surface area contributed by atoms with Gasteiger partial charge in [0.25, 0.3) is 5.69 Å². The number of nitro groups is 1. The van der Waals surface area contributed by atoms with Crippen LogP contribution in [0.1, 0.15) is 24.8 Å². The number of nitriles is 1. The van der Waals surface area contributed by atoms with E-state index in [-0.39, 0.29) is 29.5 Å². The average Bonchev–Trinajstić information content (AvgIpc) is 2.78. The number of carbonyl (C=O) groups is 2. The number of hydrogen-bond acceptors (Lipinski definition) is 7. The number of anilines is 1. The van der Waals surface area contributed by atoms with Gasteiger partial charge in [0.15, 0.2) is 0 Å². The Morgan fingerprint density at radius 2 is 2.03 bits per heavy atom. The quantitative estimate of drug-likeness (QED) is 0.460. The van der Waals surface area contributed by atoms with Gasteiger partial charge in [-0.25, -0.2) is 0 Å². The van der Waals surface area contributed by atoms with Crippen molar-refractivity contribution in [3.63, 3.8) is 0 Å². The standard InChI is InChI=1S/C22H20N4O5S/c1-2-31-15-9-7-14(8-10-15)16-11-20(27)25-22(17(16)12-23)32-13-21(28)24-18-5-3-4-6-19(18)26(29)30/h3-10,16H,2,11,13H2,1H3,(H,24,28)(H,25,27). The molecule has 164 valence electrons. The fraction of sp³-hybridized carbons (Fsp3) is 0.227. The minimum Gasteiger partial charge on any atom is -0.494 e. The van der Waals surface area contributed by atoms with E-state index in [1.165, 1.54) is 18.2 Å². The van der Waals surface area contributed by atoms with Gasteiger partial charge in [0, 0.05) is 18.4 Å². The summed E-state index contributed by atoms with van der Waals surface area (Å²) in [6.07, 6.45) is 0.114. The number of thioether (sulfide) groups is 1. The fourth-order valence-electron chi connectivity index (χ4n) is 3.24. The Morgan fingerprint density at radius 3 is 2.69 bits per heavy atom. The summed E-state index contributed by atoms with van der Waals surface area (Å²) in [5.41, 5.74) is 1.02. The second kappa shape index (κ2) is 10.5. The zero-order valence-electron chi connectivity index (χ0n) is 17.2. The van der Waals surface area contributed by atoms with Crippen LogP contribution in [-0.4, -0.2) is 29.1 Å². The van der Waals surface area contributed by atoms with Crippen LogP contribution >= 0.6 is 11.8 Å². The van der Waals surface area contributed by atoms with Gasteiger partial charge in [-0.15, -0.1) is 0 Å². The third kappa shape index (κ3) is 5.44. The first-order valence-electron chi connectivity index (χ1n) is 9.75. The van der Waals surface area contributed by atoms with E-state index >= 15 is 0 Å². The maximum atomic E-state index is 12.4. The molecule has 9 nitrogen and oxygen atoms in total. The van der Waals surface area contributed by atoms with Crippen LogP contribution in [0.4, 0.5) is 11.4 Å². The van der Waals surface area contributed by atoms with Gasteiger partial charge in [-0.2, -0.15) is 5.26 Å². The maximum Gasteiger partial charge on any atom is 0.292 e. The molecule has 0 bridgehead atoms. The first kappa shape index (κ1) is 22.8. The lowest BCUT2D eigenvalue weighted by Gasteiger charge is -2.25. The zero-order chi connectivity index (χ0) is 23.1. The first-order valence-corrected chi connectivity index (χ1v) is 10.7. The molecule has 32 heavy (non-hydrogen) atoms. The van der Waals surface area contributed by atoms with E-state index in [1.807, 2.05) is 19.1 Å². The number of rotatable bonds is 8. The maximum absolute atomic E-state index is 12.4. The summed E-state index contributed by atoms with van der Waals surface area (Å²) < 4.78 is 5.43. The lowest BCUT2D eigenvalue weighted by atomic mass is 9.87. The number of hydrogen-bond donors (Lipinski definition) is 2. The summed E-state index contributed by atoms with van der Waals surface area (Å²) in [5, 5.41) is 26.3. The molecule has 0 fully saturated rings. The molecule has 2 aromatic carbocycles. The average molecular weight is 452 g/mol. The van der Waals surface area contributed by atoms with E-state index in [2.05, 4.69) is 16.7 Å². The minimum absolute atomic E-state index is 0.0810. The molecule has 1 heterocycles. The normalized spacial score (nSPS) is 15.5. The minimum atomic E-state index is -0.582. The molecule has 1 atom stereocenters. The molecule has 10 heteroatoms. The predicted molar refractivity (Wildman–Crippen MR) is 120 cm³/mol. The summed E-state index contributed by atoms with van der Waals surface area (Å²) in [6, 6.07) is 15.2. The first-order chi connectivity index (χ1) is 15.4. The van der Waals surface area contributed by atoms with Crippen LogP contribution in [0.15, 0.2) is 59.1 Å². The van der Waals surface area contributed by atoms with E-state index in [9.17, 15) is 25.0 Å². The van der Waals surface area contributed by atoms with Crippen molar-refractivity contribution in [2.75, 3.05) is 17.7 Å². The van der Waals surface area contributed by atoms with Crippen LogP contribution in [0.25, 0.3) is 0 Å². The van der Waals surface area contributed by atoms with Crippen molar-refractivity contribution >= 4 is 35.0 Å². The molecular weight excluding hydrogens is 432 g/mol. The number of nitro benzene ring substituents is 1. The van der Waals surface area contributed by atoms with Crippen molar-refractivity contribution in [3.05, 3.63) is 74.8 Å². The van der Waals surface area contributed by atoms with Crippen LogP contribution in [0.3, 0.4) is 0 Å². The molecule has 1 unspecified atom stereocenters. The Labute approximate surface area is 188 Å². The number of nitrogens with one attached hydrogen (secondary N) is 2. The van der Waals surface area contributed by atoms with Gasteiger partial charge < -0.3 is 15.4 Å². The molecule has 0 aliphatic carbocycles. The van der Waals surface area contributed by atoms with E-state index in [1.54, 1.807) is 18.2 Å². The van der Waals surface area contributed by atoms with Crippen LogP contribution in [0.2, 0.25) is 0 Å². The highest BCUT2D eigenvalue weighted by molar-refractivity contribution is 8.03. The van der Waals surface area contributed by atoms with E-state index in [4.69, 9.17) is 4.74 Å². The van der Waals surface area contributed by atoms with Gasteiger partial charge in [-0.05, 0) is 30.7 Å². The summed E-state index contributed by atoms with van der Waals surface area (Å²) >= 11 is 1.00. The van der Waals surface area contributed by atoms with E-state index in [0.29, 0.717) is 23.0 Å². The molecule has 2 aromatic rings. The molecule has 0 radical (unpaired) electrons. The van der Waals surface area contributed by atoms with Crippen molar-refractivity contribution < 1.29 is 19.2 Å². The molecule has 1 aliphatic heterocycles. The molecule has 0 saturated carbocycles. The Morgan fingerprint density at radius 1 is 1.31 bits per heavy atom.